The van der Waals surface area contributed by atoms with Crippen molar-refractivity contribution in [2.24, 2.45) is 0 Å². The highest BCUT2D eigenvalue weighted by atomic mass is 35.5. The molecular weight excluding hydrogens is 254 g/mol. The summed E-state index contributed by atoms with van der Waals surface area (Å²) < 4.78 is 5.16. The predicted molar refractivity (Wildman–Crippen MR) is 73.2 cm³/mol. The summed E-state index contributed by atoms with van der Waals surface area (Å²) in [5.74, 6) is 0.135. The zero-order valence-corrected chi connectivity index (χ0v) is 11.9. The summed E-state index contributed by atoms with van der Waals surface area (Å²) in [7, 11) is 0. The number of carbonyl (C=O) groups excluding carboxylic acids is 1. The van der Waals surface area contributed by atoms with Crippen LogP contribution in [-0.4, -0.2) is 74.2 Å². The summed E-state index contributed by atoms with van der Waals surface area (Å²) in [5.41, 5.74) is 0. The van der Waals surface area contributed by atoms with Crippen LogP contribution in [-0.2, 0) is 9.53 Å². The summed E-state index contributed by atoms with van der Waals surface area (Å²) in [6, 6.07) is 0.680. The van der Waals surface area contributed by atoms with Gasteiger partial charge in [-0.2, -0.15) is 0 Å². The lowest BCUT2D eigenvalue weighted by atomic mass is 10.2. The maximum atomic E-state index is 11.8. The van der Waals surface area contributed by atoms with Crippen molar-refractivity contribution in [1.29, 1.82) is 0 Å². The van der Waals surface area contributed by atoms with E-state index in [0.29, 0.717) is 12.6 Å². The molecule has 0 aromatic carbocycles. The number of hydrogen-bond donors (Lipinski definition) is 1. The molecule has 1 unspecified atom stereocenters. The second kappa shape index (κ2) is 7.94. The van der Waals surface area contributed by atoms with Crippen molar-refractivity contribution in [2.45, 2.75) is 19.4 Å². The Kier molecular flexibility index (Phi) is 6.92. The summed E-state index contributed by atoms with van der Waals surface area (Å²) in [6.07, 6.45) is 1.24. The van der Waals surface area contributed by atoms with Crippen molar-refractivity contribution in [3.63, 3.8) is 0 Å². The minimum Gasteiger partial charge on any atom is -0.372 e. The Morgan fingerprint density at radius 3 is 2.61 bits per heavy atom. The second-order valence-electron chi connectivity index (χ2n) is 4.70. The lowest BCUT2D eigenvalue weighted by Gasteiger charge is -2.37. The topological polar surface area (TPSA) is 44.8 Å². The second-order valence-corrected chi connectivity index (χ2v) is 4.70. The smallest absolute Gasteiger partial charge is 0.248 e. The van der Waals surface area contributed by atoms with Crippen molar-refractivity contribution in [2.75, 3.05) is 52.5 Å². The van der Waals surface area contributed by atoms with Gasteiger partial charge in [0.1, 0.15) is 6.61 Å². The van der Waals surface area contributed by atoms with Crippen LogP contribution >= 0.6 is 12.4 Å². The highest BCUT2D eigenvalue weighted by Gasteiger charge is 2.27. The molecule has 0 radical (unpaired) electrons. The number of carbonyl (C=O) groups is 1. The van der Waals surface area contributed by atoms with Gasteiger partial charge in [0.25, 0.3) is 0 Å². The van der Waals surface area contributed by atoms with Gasteiger partial charge in [-0.15, -0.1) is 12.4 Å². The number of ether oxygens (including phenoxy) is 1. The third-order valence-electron chi connectivity index (χ3n) is 3.65. The van der Waals surface area contributed by atoms with E-state index in [1.54, 1.807) is 0 Å². The van der Waals surface area contributed by atoms with E-state index in [0.717, 1.165) is 39.3 Å². The fraction of sp³-hybridized carbons (Fsp3) is 0.917. The molecule has 0 saturated carbocycles. The molecule has 0 aromatic rings. The highest BCUT2D eigenvalue weighted by Crippen LogP contribution is 2.11. The third kappa shape index (κ3) is 4.09. The SMILES string of the molecule is CCOCC(=O)N1CCN(C2CCNC2)CC1.Cl. The Morgan fingerprint density at radius 1 is 1.33 bits per heavy atom. The number of piperazine rings is 1. The molecule has 2 aliphatic rings. The van der Waals surface area contributed by atoms with Gasteiger partial charge in [0.2, 0.25) is 5.91 Å². The summed E-state index contributed by atoms with van der Waals surface area (Å²) >= 11 is 0. The van der Waals surface area contributed by atoms with Gasteiger partial charge in [-0.1, -0.05) is 0 Å². The highest BCUT2D eigenvalue weighted by molar-refractivity contribution is 5.85. The number of halogens is 1. The molecule has 1 atom stereocenters. The number of nitrogens with zero attached hydrogens (tertiary/aromatic N) is 2. The maximum Gasteiger partial charge on any atom is 0.248 e. The van der Waals surface area contributed by atoms with E-state index in [2.05, 4.69) is 10.2 Å². The molecule has 18 heavy (non-hydrogen) atoms. The van der Waals surface area contributed by atoms with Gasteiger partial charge < -0.3 is 15.0 Å². The molecule has 106 valence electrons. The summed E-state index contributed by atoms with van der Waals surface area (Å²) in [6.45, 7) is 8.71. The number of nitrogens with one attached hydrogen (secondary N) is 1. The van der Waals surface area contributed by atoms with E-state index in [9.17, 15) is 4.79 Å². The molecule has 0 aromatic heterocycles. The Bertz CT molecular complexity index is 252. The first-order valence-electron chi connectivity index (χ1n) is 6.61. The first-order chi connectivity index (χ1) is 8.31. The molecule has 5 nitrogen and oxygen atoms in total. The minimum absolute atomic E-state index is 0. The third-order valence-corrected chi connectivity index (χ3v) is 3.65. The molecule has 0 bridgehead atoms. The summed E-state index contributed by atoms with van der Waals surface area (Å²) in [5, 5.41) is 3.39. The summed E-state index contributed by atoms with van der Waals surface area (Å²) in [4.78, 5) is 16.2. The van der Waals surface area contributed by atoms with Crippen LogP contribution in [0, 0.1) is 0 Å². The van der Waals surface area contributed by atoms with Crippen LogP contribution in [0.3, 0.4) is 0 Å². The van der Waals surface area contributed by atoms with Gasteiger partial charge in [-0.25, -0.2) is 0 Å². The van der Waals surface area contributed by atoms with E-state index in [4.69, 9.17) is 4.74 Å². The number of hydrogen-bond acceptors (Lipinski definition) is 4. The Balaban J connectivity index is 0.00000162. The van der Waals surface area contributed by atoms with E-state index < -0.39 is 0 Å². The fourth-order valence-electron chi connectivity index (χ4n) is 2.57. The van der Waals surface area contributed by atoms with Crippen LogP contribution in [0.15, 0.2) is 0 Å². The normalized spacial score (nSPS) is 24.9. The molecular formula is C12H24ClN3O2. The molecule has 1 amide bonds. The van der Waals surface area contributed by atoms with Crippen molar-refractivity contribution in [3.05, 3.63) is 0 Å². The number of rotatable bonds is 4. The molecule has 1 N–H and O–H groups in total. The lowest BCUT2D eigenvalue weighted by molar-refractivity contribution is -0.138. The average Bonchev–Trinajstić information content (AvgIpc) is 2.90. The van der Waals surface area contributed by atoms with Crippen LogP contribution in [0.5, 0.6) is 0 Å². The average molecular weight is 278 g/mol. The van der Waals surface area contributed by atoms with Crippen molar-refractivity contribution >= 4 is 18.3 Å². The Morgan fingerprint density at radius 2 is 2.06 bits per heavy atom. The van der Waals surface area contributed by atoms with Gasteiger partial charge in [0.05, 0.1) is 0 Å². The van der Waals surface area contributed by atoms with Crippen LogP contribution in [0.1, 0.15) is 13.3 Å². The Hall–Kier alpha value is -0.360. The first-order valence-corrected chi connectivity index (χ1v) is 6.61. The molecule has 0 aliphatic carbocycles. The molecule has 2 saturated heterocycles. The van der Waals surface area contributed by atoms with Gasteiger partial charge in [0, 0.05) is 45.4 Å². The van der Waals surface area contributed by atoms with Crippen LogP contribution in [0.25, 0.3) is 0 Å². The zero-order valence-electron chi connectivity index (χ0n) is 11.1. The van der Waals surface area contributed by atoms with Crippen molar-refractivity contribution in [3.8, 4) is 0 Å². The van der Waals surface area contributed by atoms with Crippen LogP contribution in [0.4, 0.5) is 0 Å². The van der Waals surface area contributed by atoms with E-state index in [1.165, 1.54) is 6.42 Å². The van der Waals surface area contributed by atoms with E-state index in [-0.39, 0.29) is 24.9 Å². The maximum absolute atomic E-state index is 11.8. The molecule has 2 aliphatic heterocycles. The lowest BCUT2D eigenvalue weighted by Crippen LogP contribution is -2.53. The van der Waals surface area contributed by atoms with Gasteiger partial charge in [-0.05, 0) is 19.9 Å². The van der Waals surface area contributed by atoms with Gasteiger partial charge in [0.15, 0.2) is 0 Å². The monoisotopic (exact) mass is 277 g/mol. The van der Waals surface area contributed by atoms with Crippen molar-refractivity contribution in [1.82, 2.24) is 15.1 Å². The quantitative estimate of drug-likeness (QED) is 0.783. The molecule has 2 fully saturated rings. The fourth-order valence-corrected chi connectivity index (χ4v) is 2.57. The zero-order chi connectivity index (χ0) is 12.1. The first kappa shape index (κ1) is 15.7. The van der Waals surface area contributed by atoms with Crippen LogP contribution < -0.4 is 5.32 Å². The predicted octanol–water partition coefficient (Wildman–Crippen LogP) is -0.0492. The van der Waals surface area contributed by atoms with E-state index in [1.807, 2.05) is 11.8 Å². The minimum atomic E-state index is 0. The molecule has 0 spiro atoms. The largest absolute Gasteiger partial charge is 0.372 e. The standard InChI is InChI=1S/C12H23N3O2.ClH/c1-2-17-10-12(16)15-7-5-14(6-8-15)11-3-4-13-9-11;/h11,13H,2-10H2,1H3;1H. The molecule has 2 rings (SSSR count). The number of amides is 1. The van der Waals surface area contributed by atoms with Gasteiger partial charge >= 0.3 is 0 Å². The van der Waals surface area contributed by atoms with Crippen LogP contribution in [0.2, 0.25) is 0 Å². The van der Waals surface area contributed by atoms with E-state index >= 15 is 0 Å². The Labute approximate surface area is 115 Å². The van der Waals surface area contributed by atoms with Gasteiger partial charge in [-0.3, -0.25) is 9.69 Å². The van der Waals surface area contributed by atoms with Crippen molar-refractivity contribution < 1.29 is 9.53 Å². The molecule has 6 heteroatoms. The molecule has 2 heterocycles.